The highest BCUT2D eigenvalue weighted by Gasteiger charge is 2.50. The number of nitrogens with one attached hydrogen (secondary N) is 2. The third kappa shape index (κ3) is 2.89. The van der Waals surface area contributed by atoms with E-state index in [1.54, 1.807) is 13.8 Å². The molecule has 0 aromatic heterocycles. The van der Waals surface area contributed by atoms with Crippen molar-refractivity contribution in [1.29, 1.82) is 0 Å². The van der Waals surface area contributed by atoms with Crippen LogP contribution in [0.3, 0.4) is 0 Å². The summed E-state index contributed by atoms with van der Waals surface area (Å²) in [7, 11) is 0. The number of aliphatic carboxylic acids is 1. The van der Waals surface area contributed by atoms with E-state index in [0.717, 1.165) is 0 Å². The molecule has 0 aromatic carbocycles. The van der Waals surface area contributed by atoms with Gasteiger partial charge in [0.05, 0.1) is 11.0 Å². The Balaban J connectivity index is 2.38. The van der Waals surface area contributed by atoms with Gasteiger partial charge in [-0.2, -0.15) is 0 Å². The minimum absolute atomic E-state index is 0.148. The first-order valence-electron chi connectivity index (χ1n) is 5.08. The number of carboxylic acids is 1. The monoisotopic (exact) mass is 224 g/mol. The van der Waals surface area contributed by atoms with Gasteiger partial charge in [0.1, 0.15) is 0 Å². The zero-order chi connectivity index (χ0) is 12.4. The Morgan fingerprint density at radius 1 is 1.50 bits per heavy atom. The lowest BCUT2D eigenvalue weighted by molar-refractivity contribution is -0.143. The van der Waals surface area contributed by atoms with Gasteiger partial charge in [-0.15, -0.1) is 6.42 Å². The third-order valence-corrected chi connectivity index (χ3v) is 2.68. The molecule has 1 rings (SSSR count). The number of urea groups is 1. The summed E-state index contributed by atoms with van der Waals surface area (Å²) in [5.41, 5.74) is -1.48. The van der Waals surface area contributed by atoms with E-state index in [-0.39, 0.29) is 6.54 Å². The van der Waals surface area contributed by atoms with Gasteiger partial charge < -0.3 is 15.7 Å². The highest BCUT2D eigenvalue weighted by Crippen LogP contribution is 2.45. The quantitative estimate of drug-likeness (QED) is 0.611. The molecule has 1 aliphatic rings. The zero-order valence-electron chi connectivity index (χ0n) is 9.46. The normalized spacial score (nSPS) is 17.1. The fraction of sp³-hybridized carbons (Fsp3) is 0.636. The van der Waals surface area contributed by atoms with E-state index in [0.29, 0.717) is 12.8 Å². The lowest BCUT2D eigenvalue weighted by Crippen LogP contribution is -2.49. The summed E-state index contributed by atoms with van der Waals surface area (Å²) >= 11 is 0. The molecule has 0 unspecified atom stereocenters. The van der Waals surface area contributed by atoms with Crippen molar-refractivity contribution in [1.82, 2.24) is 10.6 Å². The zero-order valence-corrected chi connectivity index (χ0v) is 9.46. The second-order valence-corrected chi connectivity index (χ2v) is 4.66. The Morgan fingerprint density at radius 2 is 2.06 bits per heavy atom. The molecule has 0 bridgehead atoms. The first-order valence-corrected chi connectivity index (χ1v) is 5.08. The molecule has 0 aliphatic heterocycles. The average Bonchev–Trinajstić information content (AvgIpc) is 2.95. The van der Waals surface area contributed by atoms with Gasteiger partial charge in [-0.3, -0.25) is 4.79 Å². The van der Waals surface area contributed by atoms with Crippen molar-refractivity contribution in [3.8, 4) is 12.3 Å². The Bertz CT molecular complexity index is 351. The highest BCUT2D eigenvalue weighted by atomic mass is 16.4. The maximum Gasteiger partial charge on any atom is 0.315 e. The van der Waals surface area contributed by atoms with Gasteiger partial charge in [-0.25, -0.2) is 4.79 Å². The summed E-state index contributed by atoms with van der Waals surface area (Å²) < 4.78 is 0. The van der Waals surface area contributed by atoms with Crippen LogP contribution in [-0.2, 0) is 4.79 Å². The van der Waals surface area contributed by atoms with E-state index in [4.69, 9.17) is 11.5 Å². The van der Waals surface area contributed by atoms with Crippen LogP contribution >= 0.6 is 0 Å². The Kier molecular flexibility index (Phi) is 3.13. The SMILES string of the molecule is C#CC(C)(C)NC(=O)NCC1(C(=O)O)CC1. The van der Waals surface area contributed by atoms with E-state index in [2.05, 4.69) is 16.6 Å². The lowest BCUT2D eigenvalue weighted by Gasteiger charge is -2.20. The summed E-state index contributed by atoms with van der Waals surface area (Å²) in [6, 6.07) is -0.435. The van der Waals surface area contributed by atoms with Crippen molar-refractivity contribution >= 4 is 12.0 Å². The van der Waals surface area contributed by atoms with Crippen LogP contribution in [0.25, 0.3) is 0 Å². The molecule has 0 heterocycles. The van der Waals surface area contributed by atoms with Crippen LogP contribution < -0.4 is 10.6 Å². The van der Waals surface area contributed by atoms with Crippen molar-refractivity contribution in [3.05, 3.63) is 0 Å². The van der Waals surface area contributed by atoms with E-state index in [1.165, 1.54) is 0 Å². The lowest BCUT2D eigenvalue weighted by atomic mass is 10.1. The number of carboxylic acid groups (broad SMARTS) is 1. The van der Waals surface area contributed by atoms with Gasteiger partial charge >= 0.3 is 12.0 Å². The van der Waals surface area contributed by atoms with Gasteiger partial charge in [-0.1, -0.05) is 5.92 Å². The summed E-state index contributed by atoms with van der Waals surface area (Å²) in [5, 5.41) is 14.0. The Morgan fingerprint density at radius 3 is 2.44 bits per heavy atom. The Hall–Kier alpha value is -1.70. The van der Waals surface area contributed by atoms with Crippen molar-refractivity contribution in [3.63, 3.8) is 0 Å². The van der Waals surface area contributed by atoms with Crippen LogP contribution in [0.5, 0.6) is 0 Å². The molecule has 3 N–H and O–H groups in total. The first-order chi connectivity index (χ1) is 7.31. The summed E-state index contributed by atoms with van der Waals surface area (Å²) in [6.45, 7) is 3.53. The van der Waals surface area contributed by atoms with Crippen molar-refractivity contribution < 1.29 is 14.7 Å². The number of hydrogen-bond acceptors (Lipinski definition) is 2. The molecule has 5 nitrogen and oxygen atoms in total. The molecule has 88 valence electrons. The molecule has 0 saturated heterocycles. The molecular formula is C11H16N2O3. The minimum atomic E-state index is -0.857. The molecule has 0 radical (unpaired) electrons. The van der Waals surface area contributed by atoms with Crippen LogP contribution in [0.15, 0.2) is 0 Å². The summed E-state index contributed by atoms with van der Waals surface area (Å²) in [4.78, 5) is 22.2. The fourth-order valence-electron chi connectivity index (χ4n) is 1.23. The van der Waals surface area contributed by atoms with E-state index in [1.807, 2.05) is 0 Å². The molecule has 1 saturated carbocycles. The largest absolute Gasteiger partial charge is 0.481 e. The van der Waals surface area contributed by atoms with E-state index in [9.17, 15) is 9.59 Å². The molecule has 1 fully saturated rings. The maximum atomic E-state index is 11.4. The second-order valence-electron chi connectivity index (χ2n) is 4.66. The van der Waals surface area contributed by atoms with Crippen LogP contribution in [0.2, 0.25) is 0 Å². The Labute approximate surface area is 94.6 Å². The van der Waals surface area contributed by atoms with Crippen molar-refractivity contribution in [2.24, 2.45) is 5.41 Å². The fourth-order valence-corrected chi connectivity index (χ4v) is 1.23. The number of carbonyl (C=O) groups excluding carboxylic acids is 1. The number of hydrogen-bond donors (Lipinski definition) is 3. The second kappa shape index (κ2) is 4.05. The number of terminal acetylenes is 1. The van der Waals surface area contributed by atoms with Crippen LogP contribution in [0.4, 0.5) is 4.79 Å². The molecule has 2 amide bonds. The van der Waals surface area contributed by atoms with Crippen LogP contribution in [0.1, 0.15) is 26.7 Å². The van der Waals surface area contributed by atoms with E-state index >= 15 is 0 Å². The summed E-state index contributed by atoms with van der Waals surface area (Å²) in [6.07, 6.45) is 6.43. The molecular weight excluding hydrogens is 208 g/mol. The van der Waals surface area contributed by atoms with Crippen molar-refractivity contribution in [2.45, 2.75) is 32.2 Å². The molecule has 5 heteroatoms. The molecule has 0 atom stereocenters. The van der Waals surface area contributed by atoms with Gasteiger partial charge in [0.15, 0.2) is 0 Å². The van der Waals surface area contributed by atoms with Crippen molar-refractivity contribution in [2.75, 3.05) is 6.54 Å². The molecule has 0 spiro atoms. The minimum Gasteiger partial charge on any atom is -0.481 e. The first kappa shape index (κ1) is 12.4. The predicted octanol–water partition coefficient (Wildman–Crippen LogP) is 0.562. The topological polar surface area (TPSA) is 78.4 Å². The number of carbonyl (C=O) groups is 2. The van der Waals surface area contributed by atoms with Crippen LogP contribution in [0, 0.1) is 17.8 Å². The molecule has 0 aromatic rings. The van der Waals surface area contributed by atoms with E-state index < -0.39 is 23.0 Å². The third-order valence-electron chi connectivity index (χ3n) is 2.68. The smallest absolute Gasteiger partial charge is 0.315 e. The highest BCUT2D eigenvalue weighted by molar-refractivity contribution is 5.80. The maximum absolute atomic E-state index is 11.4. The summed E-state index contributed by atoms with van der Waals surface area (Å²) in [5.74, 6) is 1.56. The molecule has 16 heavy (non-hydrogen) atoms. The van der Waals surface area contributed by atoms with Gasteiger partial charge in [0.2, 0.25) is 0 Å². The van der Waals surface area contributed by atoms with Gasteiger partial charge in [0.25, 0.3) is 0 Å². The predicted molar refractivity (Wildman–Crippen MR) is 58.7 cm³/mol. The molecule has 1 aliphatic carbocycles. The number of amides is 2. The number of rotatable bonds is 4. The average molecular weight is 224 g/mol. The van der Waals surface area contributed by atoms with Gasteiger partial charge in [-0.05, 0) is 26.7 Å². The van der Waals surface area contributed by atoms with Gasteiger partial charge in [0, 0.05) is 6.54 Å². The standard InChI is InChI=1S/C11H16N2O3/c1-4-10(2,3)13-9(16)12-7-11(5-6-11)8(14)15/h1H,5-7H2,2-3H3,(H,14,15)(H2,12,13,16). The van der Waals surface area contributed by atoms with Crippen LogP contribution in [-0.4, -0.2) is 29.2 Å².